The molecule has 1 aliphatic rings. The second-order valence-electron chi connectivity index (χ2n) is 7.49. The minimum Gasteiger partial charge on any atom is -0.481 e. The largest absolute Gasteiger partial charge is 0.481 e. The average molecular weight is 412 g/mol. The van der Waals surface area contributed by atoms with Crippen LogP contribution >= 0.6 is 0 Å². The van der Waals surface area contributed by atoms with Crippen LogP contribution in [0.15, 0.2) is 52.9 Å². The Morgan fingerprint density at radius 1 is 1.20 bits per heavy atom. The van der Waals surface area contributed by atoms with Gasteiger partial charge in [0.25, 0.3) is 5.97 Å². The van der Waals surface area contributed by atoms with E-state index in [-0.39, 0.29) is 18.8 Å². The predicted octanol–water partition coefficient (Wildman–Crippen LogP) is 3.59. The summed E-state index contributed by atoms with van der Waals surface area (Å²) in [6.07, 6.45) is 2.78. The van der Waals surface area contributed by atoms with E-state index >= 15 is 0 Å². The highest BCUT2D eigenvalue weighted by Crippen LogP contribution is 2.31. The predicted molar refractivity (Wildman–Crippen MR) is 114 cm³/mol. The molecule has 0 radical (unpaired) electrons. The fourth-order valence-electron chi connectivity index (χ4n) is 3.75. The number of ether oxygens (including phenoxy) is 1. The van der Waals surface area contributed by atoms with E-state index in [1.54, 1.807) is 0 Å². The van der Waals surface area contributed by atoms with Gasteiger partial charge in [0.2, 0.25) is 5.89 Å². The lowest BCUT2D eigenvalue weighted by atomic mass is 10.0. The minimum atomic E-state index is -0.833. The van der Waals surface area contributed by atoms with Gasteiger partial charge >= 0.3 is 0 Å². The molecule has 160 valence electrons. The number of rotatable bonds is 6. The van der Waals surface area contributed by atoms with Gasteiger partial charge in [-0.1, -0.05) is 24.3 Å². The summed E-state index contributed by atoms with van der Waals surface area (Å²) >= 11 is 0. The number of aliphatic carboxylic acids is 1. The first-order valence-corrected chi connectivity index (χ1v) is 10.1. The summed E-state index contributed by atoms with van der Waals surface area (Å²) in [4.78, 5) is 13.5. The third-order valence-corrected chi connectivity index (χ3v) is 5.19. The first kappa shape index (κ1) is 22.0. The molecule has 2 aromatic carbocycles. The molecular weight excluding hydrogens is 384 g/mol. The van der Waals surface area contributed by atoms with Crippen LogP contribution in [0.25, 0.3) is 22.6 Å². The number of hydrogen-bond donors (Lipinski definition) is 3. The summed E-state index contributed by atoms with van der Waals surface area (Å²) in [7, 11) is 0. The SMILES string of the molecule is CC(=O)O.N[C@@H]1CC[C@H](CCO)[C@H]1OCc1ccc(-c2nc3ccccc3o2)cc1. The van der Waals surface area contributed by atoms with E-state index < -0.39 is 5.97 Å². The molecule has 3 atom stereocenters. The lowest BCUT2D eigenvalue weighted by Crippen LogP contribution is -2.35. The molecule has 3 aromatic rings. The molecule has 1 fully saturated rings. The smallest absolute Gasteiger partial charge is 0.300 e. The van der Waals surface area contributed by atoms with Crippen LogP contribution in [-0.4, -0.2) is 39.9 Å². The summed E-state index contributed by atoms with van der Waals surface area (Å²) in [6.45, 7) is 1.80. The number of carboxylic acid groups (broad SMARTS) is 1. The molecule has 1 aromatic heterocycles. The zero-order valence-corrected chi connectivity index (χ0v) is 17.0. The van der Waals surface area contributed by atoms with Crippen molar-refractivity contribution in [2.45, 2.75) is 44.9 Å². The number of benzene rings is 2. The van der Waals surface area contributed by atoms with Crippen LogP contribution in [0.5, 0.6) is 0 Å². The number of nitrogens with zero attached hydrogens (tertiary/aromatic N) is 1. The third-order valence-electron chi connectivity index (χ3n) is 5.19. The topological polar surface area (TPSA) is 119 Å². The van der Waals surface area contributed by atoms with Crippen molar-refractivity contribution in [1.82, 2.24) is 4.98 Å². The Hall–Kier alpha value is -2.74. The Kier molecular flexibility index (Phi) is 7.57. The molecule has 0 spiro atoms. The molecule has 7 heteroatoms. The van der Waals surface area contributed by atoms with E-state index in [9.17, 15) is 5.11 Å². The van der Waals surface area contributed by atoms with Gasteiger partial charge in [0.1, 0.15) is 5.52 Å². The lowest BCUT2D eigenvalue weighted by molar-refractivity contribution is -0.134. The van der Waals surface area contributed by atoms with Gasteiger partial charge in [-0.15, -0.1) is 0 Å². The van der Waals surface area contributed by atoms with Crippen LogP contribution in [0.3, 0.4) is 0 Å². The Balaban J connectivity index is 0.000000589. The van der Waals surface area contributed by atoms with Crippen LogP contribution in [-0.2, 0) is 16.1 Å². The molecule has 1 aliphatic carbocycles. The van der Waals surface area contributed by atoms with Gasteiger partial charge in [0.15, 0.2) is 5.58 Å². The Labute approximate surface area is 175 Å². The van der Waals surface area contributed by atoms with Crippen LogP contribution in [0.4, 0.5) is 0 Å². The van der Waals surface area contributed by atoms with Crippen molar-refractivity contribution in [3.63, 3.8) is 0 Å². The Bertz CT molecular complexity index is 915. The standard InChI is InChI=1S/C21H24N2O3.C2H4O2/c22-17-10-9-15(11-12-24)20(17)25-13-14-5-7-16(8-6-14)21-23-18-3-1-2-4-19(18)26-21;1-2(3)4/h1-8,15,17,20,24H,9-13,22H2;1H3,(H,3,4)/t15-,17-,20-;/m1./s1. The number of fused-ring (bicyclic) bond motifs is 1. The maximum Gasteiger partial charge on any atom is 0.300 e. The summed E-state index contributed by atoms with van der Waals surface area (Å²) in [5.74, 6) is 0.147. The molecular formula is C23H28N2O5. The van der Waals surface area contributed by atoms with Crippen LogP contribution < -0.4 is 5.73 Å². The van der Waals surface area contributed by atoms with Crippen molar-refractivity contribution >= 4 is 17.1 Å². The van der Waals surface area contributed by atoms with Crippen molar-refractivity contribution < 1.29 is 24.2 Å². The first-order chi connectivity index (χ1) is 14.5. The molecule has 1 saturated carbocycles. The summed E-state index contributed by atoms with van der Waals surface area (Å²) < 4.78 is 11.9. The molecule has 0 unspecified atom stereocenters. The van der Waals surface area contributed by atoms with E-state index in [1.807, 2.05) is 48.5 Å². The quantitative estimate of drug-likeness (QED) is 0.566. The molecule has 0 amide bonds. The minimum absolute atomic E-state index is 0.0267. The van der Waals surface area contributed by atoms with Crippen LogP contribution in [0.2, 0.25) is 0 Å². The van der Waals surface area contributed by atoms with Gasteiger partial charge in [-0.3, -0.25) is 4.79 Å². The van der Waals surface area contributed by atoms with Crippen molar-refractivity contribution in [3.05, 3.63) is 54.1 Å². The number of carbonyl (C=O) groups is 1. The molecule has 0 bridgehead atoms. The summed E-state index contributed by atoms with van der Waals surface area (Å²) in [5, 5.41) is 16.6. The van der Waals surface area contributed by atoms with E-state index in [2.05, 4.69) is 4.98 Å². The molecule has 0 aliphatic heterocycles. The average Bonchev–Trinajstić information content (AvgIpc) is 3.30. The highest BCUT2D eigenvalue weighted by molar-refractivity contribution is 5.75. The van der Waals surface area contributed by atoms with Crippen molar-refractivity contribution in [1.29, 1.82) is 0 Å². The van der Waals surface area contributed by atoms with Crippen LogP contribution in [0.1, 0.15) is 31.7 Å². The first-order valence-electron chi connectivity index (χ1n) is 10.1. The number of carboxylic acids is 1. The second-order valence-corrected chi connectivity index (χ2v) is 7.49. The summed E-state index contributed by atoms with van der Waals surface area (Å²) in [5.41, 5.74) is 9.86. The van der Waals surface area contributed by atoms with E-state index in [0.29, 0.717) is 18.4 Å². The zero-order chi connectivity index (χ0) is 21.5. The molecule has 0 saturated heterocycles. The molecule has 4 rings (SSSR count). The monoisotopic (exact) mass is 412 g/mol. The normalized spacial score (nSPS) is 20.7. The van der Waals surface area contributed by atoms with Crippen molar-refractivity contribution in [3.8, 4) is 11.5 Å². The van der Waals surface area contributed by atoms with Crippen molar-refractivity contribution in [2.24, 2.45) is 11.7 Å². The van der Waals surface area contributed by atoms with Gasteiger partial charge in [0.05, 0.1) is 12.7 Å². The third kappa shape index (κ3) is 5.66. The van der Waals surface area contributed by atoms with Gasteiger partial charge < -0.3 is 25.1 Å². The Morgan fingerprint density at radius 3 is 2.57 bits per heavy atom. The molecule has 7 nitrogen and oxygen atoms in total. The molecule has 30 heavy (non-hydrogen) atoms. The van der Waals surface area contributed by atoms with Crippen LogP contribution in [0, 0.1) is 5.92 Å². The van der Waals surface area contributed by atoms with Gasteiger partial charge in [-0.05, 0) is 55.0 Å². The molecule has 4 N–H and O–H groups in total. The zero-order valence-electron chi connectivity index (χ0n) is 17.0. The lowest BCUT2D eigenvalue weighted by Gasteiger charge is -2.23. The number of aliphatic hydroxyl groups excluding tert-OH is 1. The van der Waals surface area contributed by atoms with E-state index in [1.165, 1.54) is 0 Å². The van der Waals surface area contributed by atoms with E-state index in [4.69, 9.17) is 24.8 Å². The highest BCUT2D eigenvalue weighted by Gasteiger charge is 2.34. The fourth-order valence-corrected chi connectivity index (χ4v) is 3.75. The number of aromatic nitrogens is 1. The second kappa shape index (κ2) is 10.3. The number of para-hydroxylation sites is 2. The van der Waals surface area contributed by atoms with Gasteiger partial charge in [-0.2, -0.15) is 0 Å². The van der Waals surface area contributed by atoms with Crippen molar-refractivity contribution in [2.75, 3.05) is 6.61 Å². The summed E-state index contributed by atoms with van der Waals surface area (Å²) in [6, 6.07) is 15.9. The maximum atomic E-state index is 9.20. The molecule has 1 heterocycles. The number of oxazole rings is 1. The number of aliphatic hydroxyl groups is 1. The number of nitrogens with two attached hydrogens (primary N) is 1. The highest BCUT2D eigenvalue weighted by atomic mass is 16.5. The maximum absolute atomic E-state index is 9.20. The van der Waals surface area contributed by atoms with Gasteiger partial charge in [-0.25, -0.2) is 4.98 Å². The fraction of sp³-hybridized carbons (Fsp3) is 0.391. The van der Waals surface area contributed by atoms with E-state index in [0.717, 1.165) is 48.4 Å². The Morgan fingerprint density at radius 2 is 1.90 bits per heavy atom. The number of hydrogen-bond acceptors (Lipinski definition) is 6. The van der Waals surface area contributed by atoms with Gasteiger partial charge in [0, 0.05) is 25.1 Å².